The highest BCUT2D eigenvalue weighted by Gasteiger charge is 2.35. The average molecular weight is 380 g/mol. The summed E-state index contributed by atoms with van der Waals surface area (Å²) in [5.41, 5.74) is 2.03. The number of benzene rings is 2. The van der Waals surface area contributed by atoms with Crippen molar-refractivity contribution < 1.29 is 14.3 Å². The molecule has 2 aromatic rings. The molecule has 1 fully saturated rings. The van der Waals surface area contributed by atoms with Gasteiger partial charge in [-0.3, -0.25) is 9.59 Å². The maximum Gasteiger partial charge on any atom is 0.254 e. The van der Waals surface area contributed by atoms with Crippen molar-refractivity contribution in [2.75, 3.05) is 33.3 Å². The Labute approximate surface area is 166 Å². The van der Waals surface area contributed by atoms with E-state index in [1.165, 1.54) is 0 Å². The van der Waals surface area contributed by atoms with Gasteiger partial charge in [0.2, 0.25) is 5.91 Å². The van der Waals surface area contributed by atoms with Crippen molar-refractivity contribution in [2.45, 2.75) is 26.2 Å². The third-order valence-electron chi connectivity index (χ3n) is 5.54. The van der Waals surface area contributed by atoms with Gasteiger partial charge in [-0.05, 0) is 44.0 Å². The van der Waals surface area contributed by atoms with E-state index >= 15 is 0 Å². The minimum Gasteiger partial charge on any atom is -0.496 e. The van der Waals surface area contributed by atoms with Gasteiger partial charge < -0.3 is 14.5 Å². The van der Waals surface area contributed by atoms with Crippen LogP contribution in [0.25, 0.3) is 0 Å². The van der Waals surface area contributed by atoms with Crippen molar-refractivity contribution in [3.8, 4) is 5.75 Å². The Balaban J connectivity index is 1.65. The zero-order valence-electron chi connectivity index (χ0n) is 17.1. The largest absolute Gasteiger partial charge is 0.496 e. The summed E-state index contributed by atoms with van der Waals surface area (Å²) < 4.78 is 5.33. The van der Waals surface area contributed by atoms with Gasteiger partial charge in [0.05, 0.1) is 12.5 Å². The molecule has 1 heterocycles. The lowest BCUT2D eigenvalue weighted by molar-refractivity contribution is -0.137. The van der Waals surface area contributed by atoms with Crippen molar-refractivity contribution in [1.82, 2.24) is 9.80 Å². The summed E-state index contributed by atoms with van der Waals surface area (Å²) in [7, 11) is 1.61. The first kappa shape index (κ1) is 19.9. The molecule has 0 atom stereocenters. The van der Waals surface area contributed by atoms with Gasteiger partial charge in [0.15, 0.2) is 0 Å². The standard InChI is InChI=1S/C23H28N2O3/c1-17-10-11-18(16-20(17)28-4)21(26)24-12-14-25(15-13-24)22(27)23(2,3)19-8-6-5-7-9-19/h5-11,16H,12-15H2,1-4H3. The highest BCUT2D eigenvalue weighted by molar-refractivity contribution is 5.95. The lowest BCUT2D eigenvalue weighted by atomic mass is 9.83. The summed E-state index contributed by atoms with van der Waals surface area (Å²) >= 11 is 0. The van der Waals surface area contributed by atoms with E-state index in [-0.39, 0.29) is 11.8 Å². The number of hydrogen-bond acceptors (Lipinski definition) is 3. The van der Waals surface area contributed by atoms with Crippen LogP contribution in [0.3, 0.4) is 0 Å². The number of piperazine rings is 1. The number of methoxy groups -OCH3 is 1. The van der Waals surface area contributed by atoms with E-state index in [4.69, 9.17) is 4.74 Å². The second kappa shape index (κ2) is 8.05. The Morgan fingerprint density at radius 1 is 0.929 bits per heavy atom. The van der Waals surface area contributed by atoms with Gasteiger partial charge in [-0.25, -0.2) is 0 Å². The molecule has 1 aliphatic rings. The predicted molar refractivity (Wildman–Crippen MR) is 110 cm³/mol. The number of hydrogen-bond donors (Lipinski definition) is 0. The normalized spacial score (nSPS) is 14.7. The molecule has 148 valence electrons. The second-order valence-electron chi connectivity index (χ2n) is 7.76. The first-order valence-electron chi connectivity index (χ1n) is 9.63. The number of nitrogens with zero attached hydrogens (tertiary/aromatic N) is 2. The molecule has 1 aliphatic heterocycles. The van der Waals surface area contributed by atoms with Gasteiger partial charge in [0.1, 0.15) is 5.75 Å². The topological polar surface area (TPSA) is 49.9 Å². The first-order valence-corrected chi connectivity index (χ1v) is 9.63. The fourth-order valence-corrected chi connectivity index (χ4v) is 3.62. The third kappa shape index (κ3) is 3.88. The van der Waals surface area contributed by atoms with Crippen LogP contribution in [0.5, 0.6) is 5.75 Å². The van der Waals surface area contributed by atoms with Crippen molar-refractivity contribution in [3.63, 3.8) is 0 Å². The molecule has 0 aliphatic carbocycles. The molecule has 0 radical (unpaired) electrons. The maximum atomic E-state index is 13.1. The summed E-state index contributed by atoms with van der Waals surface area (Å²) in [6, 6.07) is 15.4. The molecule has 3 rings (SSSR count). The number of carbonyl (C=O) groups excluding carboxylic acids is 2. The first-order chi connectivity index (χ1) is 13.3. The Kier molecular flexibility index (Phi) is 5.73. The maximum absolute atomic E-state index is 13.1. The predicted octanol–water partition coefficient (Wildman–Crippen LogP) is 3.27. The van der Waals surface area contributed by atoms with Crippen molar-refractivity contribution in [2.24, 2.45) is 0 Å². The number of aryl methyl sites for hydroxylation is 1. The van der Waals surface area contributed by atoms with Crippen LogP contribution in [0.2, 0.25) is 0 Å². The molecular formula is C23H28N2O3. The van der Waals surface area contributed by atoms with Gasteiger partial charge in [-0.15, -0.1) is 0 Å². The molecule has 0 unspecified atom stereocenters. The number of amides is 2. The van der Waals surface area contributed by atoms with Crippen molar-refractivity contribution >= 4 is 11.8 Å². The smallest absolute Gasteiger partial charge is 0.254 e. The Bertz CT molecular complexity index is 853. The number of ether oxygens (including phenoxy) is 1. The van der Waals surface area contributed by atoms with E-state index in [1.807, 2.05) is 73.0 Å². The minimum absolute atomic E-state index is 0.0206. The minimum atomic E-state index is -0.586. The molecule has 0 N–H and O–H groups in total. The molecule has 28 heavy (non-hydrogen) atoms. The fraction of sp³-hybridized carbons (Fsp3) is 0.391. The fourth-order valence-electron chi connectivity index (χ4n) is 3.62. The summed E-state index contributed by atoms with van der Waals surface area (Å²) in [6.45, 7) is 8.03. The molecule has 2 aromatic carbocycles. The summed E-state index contributed by atoms with van der Waals surface area (Å²) in [4.78, 5) is 29.6. The van der Waals surface area contributed by atoms with Gasteiger partial charge in [-0.1, -0.05) is 36.4 Å². The highest BCUT2D eigenvalue weighted by atomic mass is 16.5. The Morgan fingerprint density at radius 2 is 1.54 bits per heavy atom. The molecule has 5 nitrogen and oxygen atoms in total. The van der Waals surface area contributed by atoms with Crippen LogP contribution in [0.1, 0.15) is 35.3 Å². The quantitative estimate of drug-likeness (QED) is 0.818. The molecule has 0 bridgehead atoms. The zero-order valence-corrected chi connectivity index (χ0v) is 17.1. The molecule has 0 aromatic heterocycles. The molecule has 0 spiro atoms. The number of rotatable bonds is 4. The average Bonchev–Trinajstić information content (AvgIpc) is 2.73. The van der Waals surface area contributed by atoms with E-state index in [2.05, 4.69) is 0 Å². The highest BCUT2D eigenvalue weighted by Crippen LogP contribution is 2.26. The van der Waals surface area contributed by atoms with Crippen LogP contribution in [-0.2, 0) is 10.2 Å². The Morgan fingerprint density at radius 3 is 2.14 bits per heavy atom. The van der Waals surface area contributed by atoms with Crippen LogP contribution in [0.15, 0.2) is 48.5 Å². The van der Waals surface area contributed by atoms with Crippen molar-refractivity contribution in [1.29, 1.82) is 0 Å². The van der Waals surface area contributed by atoms with Crippen LogP contribution < -0.4 is 4.74 Å². The van der Waals surface area contributed by atoms with Crippen molar-refractivity contribution in [3.05, 3.63) is 65.2 Å². The van der Waals surface area contributed by atoms with Gasteiger partial charge >= 0.3 is 0 Å². The van der Waals surface area contributed by atoms with Crippen LogP contribution >= 0.6 is 0 Å². The third-order valence-corrected chi connectivity index (χ3v) is 5.54. The summed E-state index contributed by atoms with van der Waals surface area (Å²) in [5.74, 6) is 0.791. The second-order valence-corrected chi connectivity index (χ2v) is 7.76. The van der Waals surface area contributed by atoms with Gasteiger partial charge in [0.25, 0.3) is 5.91 Å². The molecular weight excluding hydrogens is 352 g/mol. The zero-order chi connectivity index (χ0) is 20.3. The molecule has 0 saturated carbocycles. The summed E-state index contributed by atoms with van der Waals surface area (Å²) in [6.07, 6.45) is 0. The number of carbonyl (C=O) groups is 2. The molecule has 5 heteroatoms. The monoisotopic (exact) mass is 380 g/mol. The van der Waals surface area contributed by atoms with E-state index in [9.17, 15) is 9.59 Å². The van der Waals surface area contributed by atoms with Crippen LogP contribution in [0.4, 0.5) is 0 Å². The summed E-state index contributed by atoms with van der Waals surface area (Å²) in [5, 5.41) is 0. The van der Waals surface area contributed by atoms with E-state index < -0.39 is 5.41 Å². The lowest BCUT2D eigenvalue weighted by Gasteiger charge is -2.38. The Hall–Kier alpha value is -2.82. The van der Waals surface area contributed by atoms with Gasteiger partial charge in [0, 0.05) is 31.7 Å². The van der Waals surface area contributed by atoms with Crippen LogP contribution in [0, 0.1) is 6.92 Å². The van der Waals surface area contributed by atoms with E-state index in [0.29, 0.717) is 37.5 Å². The molecule has 1 saturated heterocycles. The van der Waals surface area contributed by atoms with Gasteiger partial charge in [-0.2, -0.15) is 0 Å². The SMILES string of the molecule is COc1cc(C(=O)N2CCN(C(=O)C(C)(C)c3ccccc3)CC2)ccc1C. The van der Waals surface area contributed by atoms with Crippen LogP contribution in [-0.4, -0.2) is 54.9 Å². The van der Waals surface area contributed by atoms with E-state index in [0.717, 1.165) is 11.1 Å². The lowest BCUT2D eigenvalue weighted by Crippen LogP contribution is -2.54. The molecule has 2 amide bonds. The van der Waals surface area contributed by atoms with E-state index in [1.54, 1.807) is 13.2 Å².